The van der Waals surface area contributed by atoms with Gasteiger partial charge in [0.05, 0.1) is 12.5 Å². The molecule has 0 bridgehead atoms. The van der Waals surface area contributed by atoms with E-state index in [-0.39, 0.29) is 17.9 Å². The van der Waals surface area contributed by atoms with E-state index in [1.165, 1.54) is 0 Å². The smallest absolute Gasteiger partial charge is 0.410 e. The van der Waals surface area contributed by atoms with Gasteiger partial charge in [0, 0.05) is 18.7 Å². The first-order chi connectivity index (χ1) is 11.3. The molecule has 1 N–H and O–H groups in total. The molecular weight excluding hydrogens is 304 g/mol. The van der Waals surface area contributed by atoms with Crippen LogP contribution in [0.3, 0.4) is 0 Å². The molecule has 0 saturated carbocycles. The molecule has 128 valence electrons. The summed E-state index contributed by atoms with van der Waals surface area (Å²) in [5, 5.41) is 2.81. The Balaban J connectivity index is 1.76. The number of hydrogen-bond acceptors (Lipinski definition) is 3. The fourth-order valence-corrected chi connectivity index (χ4v) is 2.41. The van der Waals surface area contributed by atoms with Gasteiger partial charge in [-0.1, -0.05) is 30.0 Å². The first-order valence-corrected chi connectivity index (χ1v) is 8.15. The third-order valence-electron chi connectivity index (χ3n) is 3.57. The summed E-state index contributed by atoms with van der Waals surface area (Å²) in [7, 11) is 0. The summed E-state index contributed by atoms with van der Waals surface area (Å²) in [5.74, 6) is 5.66. The van der Waals surface area contributed by atoms with E-state index in [9.17, 15) is 9.59 Å². The standard InChI is InChI=1S/C19H24N2O3/c1-19(2,3)24-18(23)21-13-11-16(14-21)17(22)20-12-7-10-15-8-5-4-6-9-15/h4-6,8-9,16H,11-14H2,1-3H3,(H,20,22)/t16-/m0/s1. The summed E-state index contributed by atoms with van der Waals surface area (Å²) >= 11 is 0. The fraction of sp³-hybridized carbons (Fsp3) is 0.474. The maximum Gasteiger partial charge on any atom is 0.410 e. The molecule has 1 aromatic rings. The molecule has 1 aliphatic rings. The Labute approximate surface area is 143 Å². The van der Waals surface area contributed by atoms with Crippen molar-refractivity contribution in [1.82, 2.24) is 10.2 Å². The topological polar surface area (TPSA) is 58.6 Å². The average Bonchev–Trinajstić information content (AvgIpc) is 3.01. The lowest BCUT2D eigenvalue weighted by atomic mass is 10.1. The highest BCUT2D eigenvalue weighted by atomic mass is 16.6. The van der Waals surface area contributed by atoms with Crippen LogP contribution in [0.15, 0.2) is 30.3 Å². The number of hydrogen-bond donors (Lipinski definition) is 1. The fourth-order valence-electron chi connectivity index (χ4n) is 2.41. The van der Waals surface area contributed by atoms with Crippen molar-refractivity contribution in [2.24, 2.45) is 5.92 Å². The third kappa shape index (κ3) is 5.62. The van der Waals surface area contributed by atoms with Crippen LogP contribution in [0.25, 0.3) is 0 Å². The summed E-state index contributed by atoms with van der Waals surface area (Å²) in [4.78, 5) is 25.7. The summed E-state index contributed by atoms with van der Waals surface area (Å²) in [5.41, 5.74) is 0.397. The molecule has 1 saturated heterocycles. The SMILES string of the molecule is CC(C)(C)OC(=O)N1CC[C@H](C(=O)NCC#Cc2ccccc2)C1. The van der Waals surface area contributed by atoms with Gasteiger partial charge >= 0.3 is 6.09 Å². The minimum Gasteiger partial charge on any atom is -0.444 e. The van der Waals surface area contributed by atoms with Crippen LogP contribution in [0.2, 0.25) is 0 Å². The molecule has 2 amide bonds. The van der Waals surface area contributed by atoms with Crippen LogP contribution in [-0.4, -0.2) is 42.1 Å². The predicted molar refractivity (Wildman–Crippen MR) is 92.2 cm³/mol. The summed E-state index contributed by atoms with van der Waals surface area (Å²) < 4.78 is 5.33. The Morgan fingerprint density at radius 3 is 2.67 bits per heavy atom. The van der Waals surface area contributed by atoms with Crippen molar-refractivity contribution < 1.29 is 14.3 Å². The van der Waals surface area contributed by atoms with Gasteiger partial charge in [-0.25, -0.2) is 4.79 Å². The molecule has 1 fully saturated rings. The Hall–Kier alpha value is -2.48. The molecule has 0 aliphatic carbocycles. The number of rotatable bonds is 2. The van der Waals surface area contributed by atoms with Gasteiger partial charge in [0.2, 0.25) is 5.91 Å². The van der Waals surface area contributed by atoms with E-state index in [4.69, 9.17) is 4.74 Å². The van der Waals surface area contributed by atoms with Crippen LogP contribution in [0.5, 0.6) is 0 Å². The Kier molecular flexibility index (Phi) is 5.86. The van der Waals surface area contributed by atoms with Crippen molar-refractivity contribution in [3.8, 4) is 11.8 Å². The third-order valence-corrected chi connectivity index (χ3v) is 3.57. The summed E-state index contributed by atoms with van der Waals surface area (Å²) in [6.07, 6.45) is 0.290. The second kappa shape index (κ2) is 7.87. The number of amides is 2. The Morgan fingerprint density at radius 2 is 2.00 bits per heavy atom. The monoisotopic (exact) mass is 328 g/mol. The van der Waals surface area contributed by atoms with Crippen LogP contribution >= 0.6 is 0 Å². The van der Waals surface area contributed by atoms with Crippen LogP contribution in [-0.2, 0) is 9.53 Å². The van der Waals surface area contributed by atoms with Crippen LogP contribution in [0.4, 0.5) is 4.79 Å². The molecular formula is C19H24N2O3. The number of nitrogens with one attached hydrogen (secondary N) is 1. The zero-order valence-corrected chi connectivity index (χ0v) is 14.5. The maximum atomic E-state index is 12.2. The number of nitrogens with zero attached hydrogens (tertiary/aromatic N) is 1. The van der Waals surface area contributed by atoms with E-state index in [0.29, 0.717) is 26.1 Å². The normalized spacial score (nSPS) is 17.0. The van der Waals surface area contributed by atoms with E-state index in [1.807, 2.05) is 51.1 Å². The minimum atomic E-state index is -0.523. The van der Waals surface area contributed by atoms with Gasteiger partial charge in [0.25, 0.3) is 0 Å². The lowest BCUT2D eigenvalue weighted by Crippen LogP contribution is -2.37. The molecule has 1 aromatic carbocycles. The highest BCUT2D eigenvalue weighted by Gasteiger charge is 2.33. The van der Waals surface area contributed by atoms with Gasteiger partial charge < -0.3 is 15.0 Å². The van der Waals surface area contributed by atoms with Crippen LogP contribution < -0.4 is 5.32 Å². The molecule has 24 heavy (non-hydrogen) atoms. The quantitative estimate of drug-likeness (QED) is 0.848. The molecule has 1 aliphatic heterocycles. The van der Waals surface area contributed by atoms with Gasteiger partial charge in [0.1, 0.15) is 5.60 Å². The van der Waals surface area contributed by atoms with Crippen molar-refractivity contribution in [2.45, 2.75) is 32.8 Å². The molecule has 2 rings (SSSR count). The first-order valence-electron chi connectivity index (χ1n) is 8.15. The maximum absolute atomic E-state index is 12.2. The van der Waals surface area contributed by atoms with Gasteiger partial charge in [-0.05, 0) is 39.3 Å². The predicted octanol–water partition coefficient (Wildman–Crippen LogP) is 2.41. The number of ether oxygens (including phenoxy) is 1. The van der Waals surface area contributed by atoms with Crippen molar-refractivity contribution in [3.05, 3.63) is 35.9 Å². The number of likely N-dealkylation sites (tertiary alicyclic amines) is 1. The molecule has 5 nitrogen and oxygen atoms in total. The van der Waals surface area contributed by atoms with E-state index in [1.54, 1.807) is 4.90 Å². The molecule has 1 atom stereocenters. The highest BCUT2D eigenvalue weighted by molar-refractivity contribution is 5.80. The first kappa shape index (κ1) is 17.9. The van der Waals surface area contributed by atoms with Crippen molar-refractivity contribution in [1.29, 1.82) is 0 Å². The molecule has 0 spiro atoms. The summed E-state index contributed by atoms with van der Waals surface area (Å²) in [6, 6.07) is 9.62. The Morgan fingerprint density at radius 1 is 1.29 bits per heavy atom. The summed E-state index contributed by atoms with van der Waals surface area (Å²) in [6.45, 7) is 6.73. The zero-order chi connectivity index (χ0) is 17.6. The number of carbonyl (C=O) groups excluding carboxylic acids is 2. The Bertz CT molecular complexity index is 638. The lowest BCUT2D eigenvalue weighted by Gasteiger charge is -2.24. The molecule has 0 aromatic heterocycles. The van der Waals surface area contributed by atoms with E-state index >= 15 is 0 Å². The molecule has 1 heterocycles. The van der Waals surface area contributed by atoms with Gasteiger partial charge in [-0.3, -0.25) is 4.79 Å². The second-order valence-electron chi connectivity index (χ2n) is 6.80. The van der Waals surface area contributed by atoms with Crippen molar-refractivity contribution in [3.63, 3.8) is 0 Å². The lowest BCUT2D eigenvalue weighted by molar-refractivity contribution is -0.124. The largest absolute Gasteiger partial charge is 0.444 e. The molecule has 5 heteroatoms. The van der Waals surface area contributed by atoms with Crippen molar-refractivity contribution in [2.75, 3.05) is 19.6 Å². The van der Waals surface area contributed by atoms with E-state index in [2.05, 4.69) is 17.2 Å². The number of carbonyl (C=O) groups is 2. The molecule has 0 unspecified atom stereocenters. The van der Waals surface area contributed by atoms with Gasteiger partial charge in [0.15, 0.2) is 0 Å². The zero-order valence-electron chi connectivity index (χ0n) is 14.5. The van der Waals surface area contributed by atoms with Gasteiger partial charge in [-0.15, -0.1) is 0 Å². The van der Waals surface area contributed by atoms with Crippen LogP contribution in [0.1, 0.15) is 32.8 Å². The van der Waals surface area contributed by atoms with Crippen LogP contribution in [0, 0.1) is 17.8 Å². The van der Waals surface area contributed by atoms with E-state index < -0.39 is 5.60 Å². The van der Waals surface area contributed by atoms with E-state index in [0.717, 1.165) is 5.56 Å². The minimum absolute atomic E-state index is 0.0663. The molecule has 0 radical (unpaired) electrons. The average molecular weight is 328 g/mol. The van der Waals surface area contributed by atoms with Gasteiger partial charge in [-0.2, -0.15) is 0 Å². The van der Waals surface area contributed by atoms with Crippen molar-refractivity contribution >= 4 is 12.0 Å². The second-order valence-corrected chi connectivity index (χ2v) is 6.80. The number of benzene rings is 1. The highest BCUT2D eigenvalue weighted by Crippen LogP contribution is 2.19.